The van der Waals surface area contributed by atoms with Crippen LogP contribution in [0.1, 0.15) is 19.3 Å². The van der Waals surface area contributed by atoms with Gasteiger partial charge in [0.15, 0.2) is 0 Å². The number of halogens is 2. The number of anilines is 1. The van der Waals surface area contributed by atoms with Crippen LogP contribution in [0.4, 0.5) is 14.5 Å². The number of fused-ring (bicyclic) bond motifs is 2. The summed E-state index contributed by atoms with van der Waals surface area (Å²) in [6, 6.07) is 4.09. The smallest absolute Gasteiger partial charge is 0.229 e. The van der Waals surface area contributed by atoms with Crippen molar-refractivity contribution in [1.82, 2.24) is 5.32 Å². The molecule has 2 heterocycles. The molecule has 0 radical (unpaired) electrons. The van der Waals surface area contributed by atoms with Gasteiger partial charge in [-0.2, -0.15) is 0 Å². The molecule has 3 rings (SSSR count). The van der Waals surface area contributed by atoms with Gasteiger partial charge < -0.3 is 10.6 Å². The fourth-order valence-electron chi connectivity index (χ4n) is 2.95. The Bertz CT molecular complexity index is 472. The van der Waals surface area contributed by atoms with Crippen molar-refractivity contribution in [3.05, 3.63) is 29.8 Å². The van der Waals surface area contributed by atoms with Crippen LogP contribution in [0.25, 0.3) is 0 Å². The highest BCUT2D eigenvalue weighted by molar-refractivity contribution is 5.93. The molecule has 2 saturated heterocycles. The number of nitrogens with one attached hydrogen (secondary N) is 2. The minimum absolute atomic E-state index is 0.157. The third-order valence-electron chi connectivity index (χ3n) is 3.85. The van der Waals surface area contributed by atoms with Crippen LogP contribution in [0.3, 0.4) is 0 Å². The maximum absolute atomic E-state index is 13.4. The molecule has 0 spiro atoms. The molecule has 2 aliphatic heterocycles. The van der Waals surface area contributed by atoms with Crippen molar-refractivity contribution in [2.75, 3.05) is 5.32 Å². The van der Waals surface area contributed by atoms with Crippen molar-refractivity contribution >= 4 is 11.6 Å². The number of benzene rings is 1. The van der Waals surface area contributed by atoms with Gasteiger partial charge in [0.2, 0.25) is 5.91 Å². The zero-order chi connectivity index (χ0) is 12.7. The lowest BCUT2D eigenvalue weighted by Gasteiger charge is -2.19. The van der Waals surface area contributed by atoms with Gasteiger partial charge in [0.1, 0.15) is 17.3 Å². The second-order valence-corrected chi connectivity index (χ2v) is 4.98. The molecule has 2 aliphatic rings. The highest BCUT2D eigenvalue weighted by Crippen LogP contribution is 2.34. The summed E-state index contributed by atoms with van der Waals surface area (Å²) in [5, 5.41) is 5.70. The van der Waals surface area contributed by atoms with Crippen molar-refractivity contribution < 1.29 is 13.6 Å². The topological polar surface area (TPSA) is 41.1 Å². The molecule has 1 amide bonds. The van der Waals surface area contributed by atoms with E-state index >= 15 is 0 Å². The van der Waals surface area contributed by atoms with E-state index in [0.717, 1.165) is 31.4 Å². The molecular weight excluding hydrogens is 238 g/mol. The van der Waals surface area contributed by atoms with E-state index in [-0.39, 0.29) is 23.6 Å². The molecule has 3 atom stereocenters. The van der Waals surface area contributed by atoms with E-state index < -0.39 is 11.6 Å². The zero-order valence-electron chi connectivity index (χ0n) is 9.75. The number of rotatable bonds is 2. The fraction of sp³-hybridized carbons (Fsp3) is 0.462. The molecule has 5 heteroatoms. The molecule has 0 aliphatic carbocycles. The molecule has 1 aromatic rings. The van der Waals surface area contributed by atoms with E-state index in [4.69, 9.17) is 0 Å². The fourth-order valence-corrected chi connectivity index (χ4v) is 2.95. The predicted molar refractivity (Wildman–Crippen MR) is 63.0 cm³/mol. The van der Waals surface area contributed by atoms with Gasteiger partial charge in [-0.15, -0.1) is 0 Å². The molecule has 0 aromatic heterocycles. The van der Waals surface area contributed by atoms with Crippen molar-refractivity contribution in [3.63, 3.8) is 0 Å². The first-order valence-corrected chi connectivity index (χ1v) is 6.16. The van der Waals surface area contributed by atoms with Gasteiger partial charge in [-0.3, -0.25) is 4.79 Å². The maximum Gasteiger partial charge on any atom is 0.229 e. The van der Waals surface area contributed by atoms with Gasteiger partial charge in [0, 0.05) is 12.1 Å². The lowest BCUT2D eigenvalue weighted by molar-refractivity contribution is -0.120. The number of para-hydroxylation sites is 1. The highest BCUT2D eigenvalue weighted by atomic mass is 19.1. The van der Waals surface area contributed by atoms with Crippen LogP contribution < -0.4 is 10.6 Å². The molecule has 2 fully saturated rings. The van der Waals surface area contributed by atoms with Crippen molar-refractivity contribution in [3.8, 4) is 0 Å². The molecule has 96 valence electrons. The molecule has 0 saturated carbocycles. The van der Waals surface area contributed by atoms with Crippen LogP contribution in [0.2, 0.25) is 0 Å². The normalized spacial score (nSPS) is 29.6. The Morgan fingerprint density at radius 2 is 2.00 bits per heavy atom. The first-order chi connectivity index (χ1) is 8.65. The monoisotopic (exact) mass is 252 g/mol. The molecular formula is C13H14F2N2O. The molecule has 3 nitrogen and oxygen atoms in total. The molecule has 2 N–H and O–H groups in total. The van der Waals surface area contributed by atoms with Crippen LogP contribution in [-0.2, 0) is 4.79 Å². The predicted octanol–water partition coefficient (Wildman–Crippen LogP) is 2.04. The largest absolute Gasteiger partial charge is 0.321 e. The highest BCUT2D eigenvalue weighted by Gasteiger charge is 2.42. The minimum atomic E-state index is -0.737. The Labute approximate surface area is 104 Å². The summed E-state index contributed by atoms with van der Waals surface area (Å²) in [6.45, 7) is 0. The van der Waals surface area contributed by atoms with Crippen LogP contribution in [0, 0.1) is 17.6 Å². The summed E-state index contributed by atoms with van der Waals surface area (Å²) in [4.78, 5) is 12.0. The van der Waals surface area contributed by atoms with Crippen LogP contribution in [-0.4, -0.2) is 18.0 Å². The Kier molecular flexibility index (Phi) is 2.78. The number of carbonyl (C=O) groups excluding carboxylic acids is 1. The SMILES string of the molecule is O=C(Nc1c(F)cccc1F)C1CC2CCC1N2. The van der Waals surface area contributed by atoms with Crippen molar-refractivity contribution in [2.45, 2.75) is 31.3 Å². The van der Waals surface area contributed by atoms with Gasteiger partial charge in [-0.1, -0.05) is 6.07 Å². The minimum Gasteiger partial charge on any atom is -0.321 e. The average molecular weight is 252 g/mol. The number of hydrogen-bond donors (Lipinski definition) is 2. The maximum atomic E-state index is 13.4. The van der Waals surface area contributed by atoms with Gasteiger partial charge in [-0.05, 0) is 31.4 Å². The van der Waals surface area contributed by atoms with Gasteiger partial charge in [-0.25, -0.2) is 8.78 Å². The van der Waals surface area contributed by atoms with Crippen LogP contribution >= 0.6 is 0 Å². The third kappa shape index (κ3) is 1.88. The first kappa shape index (κ1) is 11.6. The molecule has 18 heavy (non-hydrogen) atoms. The van der Waals surface area contributed by atoms with Crippen molar-refractivity contribution in [1.29, 1.82) is 0 Å². The number of hydrogen-bond acceptors (Lipinski definition) is 2. The average Bonchev–Trinajstić information content (AvgIpc) is 2.96. The zero-order valence-corrected chi connectivity index (χ0v) is 9.75. The molecule has 2 bridgehead atoms. The Morgan fingerprint density at radius 1 is 1.28 bits per heavy atom. The van der Waals surface area contributed by atoms with E-state index in [1.165, 1.54) is 6.07 Å². The Morgan fingerprint density at radius 3 is 2.56 bits per heavy atom. The Hall–Kier alpha value is -1.49. The summed E-state index contributed by atoms with van der Waals surface area (Å²) in [7, 11) is 0. The quantitative estimate of drug-likeness (QED) is 0.845. The summed E-state index contributed by atoms with van der Waals surface area (Å²) in [5.74, 6) is -1.94. The summed E-state index contributed by atoms with van der Waals surface area (Å²) in [6.07, 6.45) is 2.80. The number of amides is 1. The molecule has 3 unspecified atom stereocenters. The third-order valence-corrected chi connectivity index (χ3v) is 3.85. The van der Waals surface area contributed by atoms with Gasteiger partial charge in [0.25, 0.3) is 0 Å². The summed E-state index contributed by atoms with van der Waals surface area (Å²) < 4.78 is 26.8. The standard InChI is InChI=1S/C13H14F2N2O/c14-9-2-1-3-10(15)12(9)17-13(18)8-6-7-4-5-11(8)16-7/h1-3,7-8,11,16H,4-6H2,(H,17,18). The second-order valence-electron chi connectivity index (χ2n) is 4.98. The lowest BCUT2D eigenvalue weighted by atomic mass is 9.88. The van der Waals surface area contributed by atoms with E-state index in [9.17, 15) is 13.6 Å². The summed E-state index contributed by atoms with van der Waals surface area (Å²) in [5.41, 5.74) is -0.342. The van der Waals surface area contributed by atoms with Crippen LogP contribution in [0.5, 0.6) is 0 Å². The first-order valence-electron chi connectivity index (χ1n) is 6.16. The Balaban J connectivity index is 1.75. The molecule has 1 aromatic carbocycles. The van der Waals surface area contributed by atoms with Gasteiger partial charge >= 0.3 is 0 Å². The second kappa shape index (κ2) is 4.31. The van der Waals surface area contributed by atoms with E-state index in [2.05, 4.69) is 10.6 Å². The van der Waals surface area contributed by atoms with E-state index in [0.29, 0.717) is 6.04 Å². The van der Waals surface area contributed by atoms with Crippen LogP contribution in [0.15, 0.2) is 18.2 Å². The summed E-state index contributed by atoms with van der Waals surface area (Å²) >= 11 is 0. The lowest BCUT2D eigenvalue weighted by Crippen LogP contribution is -2.33. The van der Waals surface area contributed by atoms with Crippen molar-refractivity contribution in [2.24, 2.45) is 5.92 Å². The van der Waals surface area contributed by atoms with E-state index in [1.54, 1.807) is 0 Å². The van der Waals surface area contributed by atoms with E-state index in [1.807, 2.05) is 0 Å². The van der Waals surface area contributed by atoms with Gasteiger partial charge in [0.05, 0.1) is 5.92 Å². The number of carbonyl (C=O) groups is 1.